The Bertz CT molecular complexity index is 269. The number of rotatable bonds is 2. The minimum absolute atomic E-state index is 0.175. The number of hydrogen-bond acceptors (Lipinski definition) is 4. The van der Waals surface area contributed by atoms with Gasteiger partial charge in [-0.2, -0.15) is 5.06 Å². The zero-order chi connectivity index (χ0) is 11.0. The molecule has 0 radical (unpaired) electrons. The van der Waals surface area contributed by atoms with Gasteiger partial charge in [0, 0.05) is 17.0 Å². The second-order valence-corrected chi connectivity index (χ2v) is 5.29. The zero-order valence-electron chi connectivity index (χ0n) is 9.24. The maximum absolute atomic E-state index is 10.00. The Balaban J connectivity index is 2.85. The average Bonchev–Trinajstić information content (AvgIpc) is 2.23. The van der Waals surface area contributed by atoms with Gasteiger partial charge in [-0.05, 0) is 46.3 Å². The van der Waals surface area contributed by atoms with Crippen LogP contribution in [0.4, 0.5) is 0 Å². The minimum atomic E-state index is -0.237. The lowest BCUT2D eigenvalue weighted by Gasteiger charge is -2.35. The molecule has 1 heterocycles. The molecule has 14 heavy (non-hydrogen) atoms. The third-order valence-corrected chi connectivity index (χ3v) is 3.37. The Kier molecular flexibility index (Phi) is 3.12. The van der Waals surface area contributed by atoms with E-state index >= 15 is 0 Å². The maximum Gasteiger partial charge on any atom is 0.0585 e. The van der Waals surface area contributed by atoms with E-state index in [1.807, 2.05) is 27.7 Å². The van der Waals surface area contributed by atoms with E-state index in [2.05, 4.69) is 22.4 Å². The van der Waals surface area contributed by atoms with E-state index in [9.17, 15) is 5.21 Å². The van der Waals surface area contributed by atoms with Crippen LogP contribution in [0.3, 0.4) is 0 Å². The van der Waals surface area contributed by atoms with Crippen molar-refractivity contribution in [2.75, 3.05) is 6.54 Å². The van der Waals surface area contributed by atoms with Gasteiger partial charge in [0.05, 0.1) is 11.7 Å². The molecule has 0 spiro atoms. The summed E-state index contributed by atoms with van der Waals surface area (Å²) in [6.07, 6.45) is 0.928. The van der Waals surface area contributed by atoms with E-state index < -0.39 is 0 Å². The highest BCUT2D eigenvalue weighted by Crippen LogP contribution is 2.43. The van der Waals surface area contributed by atoms with Crippen molar-refractivity contribution in [2.24, 2.45) is 10.9 Å². The first-order chi connectivity index (χ1) is 6.32. The van der Waals surface area contributed by atoms with Gasteiger partial charge in [-0.1, -0.05) is 0 Å². The molecule has 1 N–H and O–H groups in total. The minimum Gasteiger partial charge on any atom is -0.313 e. The molecule has 0 aromatic heterocycles. The van der Waals surface area contributed by atoms with Crippen LogP contribution in [-0.4, -0.2) is 33.1 Å². The highest BCUT2D eigenvalue weighted by molar-refractivity contribution is 7.78. The van der Waals surface area contributed by atoms with Crippen LogP contribution in [0.1, 0.15) is 34.1 Å². The van der Waals surface area contributed by atoms with Gasteiger partial charge in [-0.3, -0.25) is 0 Å². The van der Waals surface area contributed by atoms with Crippen LogP contribution < -0.4 is 0 Å². The van der Waals surface area contributed by atoms with Crippen molar-refractivity contribution in [3.8, 4) is 0 Å². The van der Waals surface area contributed by atoms with E-state index in [4.69, 9.17) is 0 Å². The van der Waals surface area contributed by atoms with Gasteiger partial charge >= 0.3 is 0 Å². The van der Waals surface area contributed by atoms with Gasteiger partial charge in [0.1, 0.15) is 0 Å². The first kappa shape index (κ1) is 11.8. The fourth-order valence-corrected chi connectivity index (χ4v) is 2.40. The molecule has 1 rings (SSSR count). The van der Waals surface area contributed by atoms with Crippen molar-refractivity contribution >= 4 is 17.4 Å². The number of nitrogens with zero attached hydrogens (tertiary/aromatic N) is 2. The average molecular weight is 214 g/mol. The molecule has 0 bridgehead atoms. The molecule has 80 valence electrons. The summed E-state index contributed by atoms with van der Waals surface area (Å²) >= 11 is 4.56. The van der Waals surface area contributed by atoms with Gasteiger partial charge in [0.2, 0.25) is 0 Å². The SMILES string of the molecule is CC1(C)C[C@H](CN=C=S)C(C)(C)N1O. The van der Waals surface area contributed by atoms with E-state index in [0.717, 1.165) is 6.42 Å². The van der Waals surface area contributed by atoms with Crippen LogP contribution in [0.5, 0.6) is 0 Å². The molecule has 1 aliphatic rings. The van der Waals surface area contributed by atoms with E-state index in [-0.39, 0.29) is 11.1 Å². The molecule has 0 aliphatic carbocycles. The largest absolute Gasteiger partial charge is 0.313 e. The van der Waals surface area contributed by atoms with Gasteiger partial charge in [0.25, 0.3) is 0 Å². The van der Waals surface area contributed by atoms with Crippen molar-refractivity contribution in [3.05, 3.63) is 0 Å². The Labute approximate surface area is 90.8 Å². The first-order valence-electron chi connectivity index (χ1n) is 4.85. The highest BCUT2D eigenvalue weighted by Gasteiger charge is 2.50. The number of hydroxylamine groups is 2. The summed E-state index contributed by atoms with van der Waals surface area (Å²) in [7, 11) is 0. The summed E-state index contributed by atoms with van der Waals surface area (Å²) in [5.74, 6) is 0.331. The predicted octanol–water partition coefficient (Wildman–Crippen LogP) is 2.36. The Morgan fingerprint density at radius 2 is 2.07 bits per heavy atom. The van der Waals surface area contributed by atoms with E-state index in [1.165, 1.54) is 5.06 Å². The summed E-state index contributed by atoms with van der Waals surface area (Å²) in [6, 6.07) is 0. The summed E-state index contributed by atoms with van der Waals surface area (Å²) in [5.41, 5.74) is -0.412. The molecule has 1 saturated heterocycles. The van der Waals surface area contributed by atoms with Crippen molar-refractivity contribution in [1.82, 2.24) is 5.06 Å². The molecule has 0 saturated carbocycles. The van der Waals surface area contributed by atoms with Crippen molar-refractivity contribution in [2.45, 2.75) is 45.2 Å². The van der Waals surface area contributed by atoms with Crippen molar-refractivity contribution in [1.29, 1.82) is 0 Å². The molecular weight excluding hydrogens is 196 g/mol. The number of thiocarbonyl (C=S) groups is 1. The van der Waals surface area contributed by atoms with Crippen LogP contribution in [0.2, 0.25) is 0 Å². The Hall–Kier alpha value is -0.280. The molecule has 3 nitrogen and oxygen atoms in total. The van der Waals surface area contributed by atoms with E-state index in [1.54, 1.807) is 0 Å². The highest BCUT2D eigenvalue weighted by atomic mass is 32.1. The van der Waals surface area contributed by atoms with Gasteiger partial charge < -0.3 is 5.21 Å². The number of isothiocyanates is 1. The normalized spacial score (nSPS) is 29.9. The number of hydrogen-bond donors (Lipinski definition) is 1. The zero-order valence-corrected chi connectivity index (χ0v) is 10.1. The van der Waals surface area contributed by atoms with Gasteiger partial charge in [0.15, 0.2) is 0 Å². The first-order valence-corrected chi connectivity index (χ1v) is 5.26. The molecule has 1 aliphatic heterocycles. The van der Waals surface area contributed by atoms with Crippen molar-refractivity contribution in [3.63, 3.8) is 0 Å². The molecule has 0 aromatic rings. The summed E-state index contributed by atoms with van der Waals surface area (Å²) in [4.78, 5) is 3.98. The molecule has 0 aromatic carbocycles. The standard InChI is InChI=1S/C10H18N2OS/c1-9(2)5-8(6-11-7-14)10(3,4)12(9)13/h8,13H,5-6H2,1-4H3/t8-/m1/s1. The second-order valence-electron chi connectivity index (χ2n) is 5.11. The lowest BCUT2D eigenvalue weighted by molar-refractivity contribution is -0.196. The lowest BCUT2D eigenvalue weighted by Crippen LogP contribution is -2.47. The smallest absolute Gasteiger partial charge is 0.0585 e. The Morgan fingerprint density at radius 1 is 1.50 bits per heavy atom. The van der Waals surface area contributed by atoms with Gasteiger partial charge in [-0.15, -0.1) is 0 Å². The van der Waals surface area contributed by atoms with Crippen molar-refractivity contribution < 1.29 is 5.21 Å². The summed E-state index contributed by atoms with van der Waals surface area (Å²) < 4.78 is 0. The van der Waals surface area contributed by atoms with Gasteiger partial charge in [-0.25, -0.2) is 4.99 Å². The second kappa shape index (κ2) is 3.70. The third kappa shape index (κ3) is 1.89. The number of aliphatic imine (C=N–C) groups is 1. The third-order valence-electron chi connectivity index (χ3n) is 3.24. The van der Waals surface area contributed by atoms with Crippen LogP contribution in [0.15, 0.2) is 4.99 Å². The predicted molar refractivity (Wildman–Crippen MR) is 59.8 cm³/mol. The topological polar surface area (TPSA) is 35.8 Å². The maximum atomic E-state index is 10.00. The van der Waals surface area contributed by atoms with E-state index in [0.29, 0.717) is 12.5 Å². The molecule has 1 fully saturated rings. The van der Waals surface area contributed by atoms with Crippen LogP contribution in [0, 0.1) is 5.92 Å². The summed E-state index contributed by atoms with van der Waals surface area (Å²) in [6.45, 7) is 8.79. The van der Waals surface area contributed by atoms with Crippen LogP contribution >= 0.6 is 12.2 Å². The monoisotopic (exact) mass is 214 g/mol. The fourth-order valence-electron chi connectivity index (χ4n) is 2.33. The van der Waals surface area contributed by atoms with Crippen LogP contribution in [-0.2, 0) is 0 Å². The molecule has 0 amide bonds. The van der Waals surface area contributed by atoms with Crippen LogP contribution in [0.25, 0.3) is 0 Å². The Morgan fingerprint density at radius 3 is 2.43 bits per heavy atom. The molecule has 0 unspecified atom stereocenters. The molecular formula is C10H18N2OS. The molecule has 1 atom stereocenters. The molecule has 4 heteroatoms. The fraction of sp³-hybridized carbons (Fsp3) is 0.900. The quantitative estimate of drug-likeness (QED) is 0.566. The lowest BCUT2D eigenvalue weighted by atomic mass is 9.87. The summed E-state index contributed by atoms with van der Waals surface area (Å²) in [5, 5.41) is 13.8.